The van der Waals surface area contributed by atoms with Gasteiger partial charge in [-0.25, -0.2) is 4.98 Å². The van der Waals surface area contributed by atoms with Crippen molar-refractivity contribution in [3.05, 3.63) is 36.6 Å². The smallest absolute Gasteiger partial charge is 0.414 e. The molecule has 0 aliphatic carbocycles. The molecule has 0 radical (unpaired) electrons. The van der Waals surface area contributed by atoms with Crippen LogP contribution in [0, 0.1) is 5.92 Å². The molecule has 1 aromatic heterocycles. The average molecular weight is 386 g/mol. The first-order chi connectivity index (χ1) is 12.8. The van der Waals surface area contributed by atoms with Crippen LogP contribution in [-0.2, 0) is 9.53 Å². The van der Waals surface area contributed by atoms with Gasteiger partial charge in [-0.1, -0.05) is 32.6 Å². The van der Waals surface area contributed by atoms with E-state index in [2.05, 4.69) is 16.9 Å². The molecule has 1 aromatic rings. The summed E-state index contributed by atoms with van der Waals surface area (Å²) < 4.78 is 47.8. The van der Waals surface area contributed by atoms with Gasteiger partial charge in [-0.2, -0.15) is 13.2 Å². The molecule has 1 fully saturated rings. The fourth-order valence-corrected chi connectivity index (χ4v) is 2.44. The van der Waals surface area contributed by atoms with Gasteiger partial charge in [-0.15, -0.1) is 0 Å². The van der Waals surface area contributed by atoms with Crippen LogP contribution in [0.3, 0.4) is 0 Å². The van der Waals surface area contributed by atoms with Crippen molar-refractivity contribution in [1.29, 1.82) is 0 Å². The van der Waals surface area contributed by atoms with Gasteiger partial charge < -0.3 is 14.8 Å². The first-order valence-corrected chi connectivity index (χ1v) is 8.67. The van der Waals surface area contributed by atoms with E-state index in [9.17, 15) is 18.0 Å². The van der Waals surface area contributed by atoms with Crippen molar-refractivity contribution in [2.75, 3.05) is 19.0 Å². The van der Waals surface area contributed by atoms with Crippen LogP contribution < -0.4 is 10.1 Å². The Morgan fingerprint density at radius 3 is 2.63 bits per heavy atom. The quantitative estimate of drug-likeness (QED) is 0.751. The number of pyridine rings is 1. The van der Waals surface area contributed by atoms with Crippen molar-refractivity contribution in [3.8, 4) is 5.88 Å². The Morgan fingerprint density at radius 2 is 2.11 bits per heavy atom. The number of rotatable bonds is 5. The number of aromatic nitrogens is 1. The number of nitrogens with zero attached hydrogens (tertiary/aromatic N) is 1. The number of carbonyl (C=O) groups is 1. The lowest BCUT2D eigenvalue weighted by molar-refractivity contribution is -0.233. The Morgan fingerprint density at radius 1 is 1.41 bits per heavy atom. The van der Waals surface area contributed by atoms with Gasteiger partial charge in [0, 0.05) is 11.5 Å². The highest BCUT2D eigenvalue weighted by Crippen LogP contribution is 2.32. The van der Waals surface area contributed by atoms with Crippen molar-refractivity contribution in [1.82, 2.24) is 4.98 Å². The van der Waals surface area contributed by atoms with Gasteiger partial charge in [0.2, 0.25) is 11.8 Å². The molecule has 1 N–H and O–H groups in total. The van der Waals surface area contributed by atoms with Crippen LogP contribution in [-0.4, -0.2) is 36.9 Å². The van der Waals surface area contributed by atoms with Crippen molar-refractivity contribution in [2.24, 2.45) is 5.92 Å². The van der Waals surface area contributed by atoms with Crippen molar-refractivity contribution >= 4 is 17.7 Å². The van der Waals surface area contributed by atoms with E-state index in [1.807, 2.05) is 13.8 Å². The second kappa shape index (κ2) is 10.7. The van der Waals surface area contributed by atoms with Crippen LogP contribution in [0.5, 0.6) is 5.88 Å². The van der Waals surface area contributed by atoms with Crippen molar-refractivity contribution in [2.45, 2.75) is 39.0 Å². The van der Waals surface area contributed by atoms with Gasteiger partial charge >= 0.3 is 6.18 Å². The van der Waals surface area contributed by atoms with Gasteiger partial charge in [-0.05, 0) is 25.0 Å². The van der Waals surface area contributed by atoms with E-state index >= 15 is 0 Å². The van der Waals surface area contributed by atoms with E-state index in [1.165, 1.54) is 13.3 Å². The third-order valence-corrected chi connectivity index (χ3v) is 3.75. The number of amides is 1. The molecule has 2 unspecified atom stereocenters. The standard InChI is InChI=1S/C17H19F3N2O3.C2H6/c1-3-15(23)22-13-8-12(16(24-2)21-9-13)6-4-11-5-7-14(25-10-11)17(18,19)20;1-2/h3-4,6,8-9,11,14H,1,5,7,10H2,2H3,(H,22,23);1-2H3/b6-4+;. The third kappa shape index (κ3) is 7.05. The maximum absolute atomic E-state index is 12.6. The van der Waals surface area contributed by atoms with E-state index in [1.54, 1.807) is 18.2 Å². The summed E-state index contributed by atoms with van der Waals surface area (Å²) in [6, 6.07) is 1.66. The second-order valence-corrected chi connectivity index (χ2v) is 5.58. The summed E-state index contributed by atoms with van der Waals surface area (Å²) in [5.74, 6) is -0.159. The first kappa shape index (κ1) is 22.7. The predicted octanol–water partition coefficient (Wildman–Crippen LogP) is 4.61. The third-order valence-electron chi connectivity index (χ3n) is 3.75. The van der Waals surface area contributed by atoms with Crippen molar-refractivity contribution < 1.29 is 27.4 Å². The van der Waals surface area contributed by atoms with E-state index < -0.39 is 12.3 Å². The van der Waals surface area contributed by atoms with Crippen LogP contribution in [0.25, 0.3) is 6.08 Å². The molecule has 8 heteroatoms. The SMILES string of the molecule is C=CC(=O)Nc1cnc(OC)c(/C=C/C2CCC(C(F)(F)F)OC2)c1.CC. The van der Waals surface area contributed by atoms with Gasteiger partial charge in [0.25, 0.3) is 0 Å². The molecule has 0 saturated carbocycles. The Balaban J connectivity index is 0.00000176. The number of carbonyl (C=O) groups excluding carboxylic acids is 1. The minimum atomic E-state index is -4.32. The highest BCUT2D eigenvalue weighted by molar-refractivity contribution is 5.98. The van der Waals surface area contributed by atoms with Crippen LogP contribution in [0.15, 0.2) is 31.0 Å². The van der Waals surface area contributed by atoms with Crippen LogP contribution in [0.2, 0.25) is 0 Å². The largest absolute Gasteiger partial charge is 0.481 e. The van der Waals surface area contributed by atoms with Crippen LogP contribution >= 0.6 is 0 Å². The zero-order valence-electron chi connectivity index (χ0n) is 15.7. The summed E-state index contributed by atoms with van der Waals surface area (Å²) >= 11 is 0. The molecule has 5 nitrogen and oxygen atoms in total. The summed E-state index contributed by atoms with van der Waals surface area (Å²) in [5.41, 5.74) is 1.06. The molecular weight excluding hydrogens is 361 g/mol. The Bertz CT molecular complexity index is 652. The van der Waals surface area contributed by atoms with Gasteiger partial charge in [0.1, 0.15) is 0 Å². The molecule has 1 saturated heterocycles. The molecule has 150 valence electrons. The van der Waals surface area contributed by atoms with Crippen LogP contribution in [0.1, 0.15) is 32.3 Å². The molecule has 2 rings (SSSR count). The minimum absolute atomic E-state index is 0.00329. The molecule has 1 aliphatic rings. The van der Waals surface area contributed by atoms with Crippen LogP contribution in [0.4, 0.5) is 18.9 Å². The normalized spacial score (nSPS) is 19.8. The van der Waals surface area contributed by atoms with Crippen molar-refractivity contribution in [3.63, 3.8) is 0 Å². The molecule has 1 amide bonds. The number of ether oxygens (including phenoxy) is 2. The van der Waals surface area contributed by atoms with E-state index in [0.717, 1.165) is 6.08 Å². The van der Waals surface area contributed by atoms with E-state index in [-0.39, 0.29) is 24.9 Å². The summed E-state index contributed by atoms with van der Waals surface area (Å²) in [5, 5.41) is 2.59. The molecule has 2 atom stereocenters. The number of methoxy groups -OCH3 is 1. The number of nitrogens with one attached hydrogen (secondary N) is 1. The fraction of sp³-hybridized carbons (Fsp3) is 0.474. The van der Waals surface area contributed by atoms with Gasteiger partial charge in [0.05, 0.1) is 25.6 Å². The average Bonchev–Trinajstić information content (AvgIpc) is 2.67. The lowest BCUT2D eigenvalue weighted by Crippen LogP contribution is -2.37. The zero-order chi connectivity index (χ0) is 20.4. The summed E-state index contributed by atoms with van der Waals surface area (Å²) in [7, 11) is 1.46. The minimum Gasteiger partial charge on any atom is -0.481 e. The molecular formula is C19H25F3N2O3. The number of hydrogen-bond acceptors (Lipinski definition) is 4. The van der Waals surface area contributed by atoms with E-state index in [4.69, 9.17) is 9.47 Å². The molecule has 0 spiro atoms. The summed E-state index contributed by atoms with van der Waals surface area (Å²) in [6.45, 7) is 7.37. The second-order valence-electron chi connectivity index (χ2n) is 5.58. The summed E-state index contributed by atoms with van der Waals surface area (Å²) in [4.78, 5) is 15.4. The topological polar surface area (TPSA) is 60.5 Å². The van der Waals surface area contributed by atoms with Gasteiger partial charge in [0.15, 0.2) is 6.10 Å². The highest BCUT2D eigenvalue weighted by atomic mass is 19.4. The lowest BCUT2D eigenvalue weighted by atomic mass is 9.97. The molecule has 1 aliphatic heterocycles. The summed E-state index contributed by atoms with van der Waals surface area (Å²) in [6.07, 6.45) is 0.353. The molecule has 27 heavy (non-hydrogen) atoms. The lowest BCUT2D eigenvalue weighted by Gasteiger charge is -2.28. The monoisotopic (exact) mass is 386 g/mol. The molecule has 2 heterocycles. The molecule has 0 aromatic carbocycles. The maximum Gasteiger partial charge on any atom is 0.414 e. The van der Waals surface area contributed by atoms with E-state index in [0.29, 0.717) is 23.6 Å². The number of halogens is 3. The highest BCUT2D eigenvalue weighted by Gasteiger charge is 2.42. The Hall–Kier alpha value is -2.35. The Kier molecular flexibility index (Phi) is 9.00. The molecule has 0 bridgehead atoms. The number of anilines is 1. The maximum atomic E-state index is 12.6. The zero-order valence-corrected chi connectivity index (χ0v) is 15.7. The fourth-order valence-electron chi connectivity index (χ4n) is 2.44. The number of hydrogen-bond donors (Lipinski definition) is 1. The Labute approximate surface area is 157 Å². The number of alkyl halides is 3. The first-order valence-electron chi connectivity index (χ1n) is 8.67. The predicted molar refractivity (Wildman–Crippen MR) is 98.5 cm³/mol. The van der Waals surface area contributed by atoms with Gasteiger partial charge in [-0.3, -0.25) is 4.79 Å².